The van der Waals surface area contributed by atoms with E-state index >= 15 is 0 Å². The molecule has 156 valence electrons. The van der Waals surface area contributed by atoms with Crippen LogP contribution in [0.3, 0.4) is 0 Å². The van der Waals surface area contributed by atoms with E-state index in [0.717, 1.165) is 31.4 Å². The molecule has 1 fully saturated rings. The smallest absolute Gasteiger partial charge is 0.272 e. The van der Waals surface area contributed by atoms with E-state index in [0.29, 0.717) is 39.8 Å². The minimum absolute atomic E-state index is 0.00881. The average molecular weight is 434 g/mol. The van der Waals surface area contributed by atoms with Crippen LogP contribution in [0.25, 0.3) is 16.0 Å². The van der Waals surface area contributed by atoms with Gasteiger partial charge in [-0.3, -0.25) is 18.6 Å². The number of rotatable bonds is 6. The summed E-state index contributed by atoms with van der Waals surface area (Å²) < 4.78 is 4.37. The monoisotopic (exact) mass is 433 g/mol. The Kier molecular flexibility index (Phi) is 5.96. The van der Waals surface area contributed by atoms with Gasteiger partial charge in [0.2, 0.25) is 11.7 Å². The number of aromatic nitrogens is 4. The third-order valence-corrected chi connectivity index (χ3v) is 7.25. The van der Waals surface area contributed by atoms with Crippen LogP contribution in [0.1, 0.15) is 40.0 Å². The fourth-order valence-corrected chi connectivity index (χ4v) is 5.48. The zero-order chi connectivity index (χ0) is 20.5. The van der Waals surface area contributed by atoms with E-state index in [4.69, 9.17) is 0 Å². The molecule has 1 aliphatic rings. The number of thioether (sulfide) groups is 1. The number of fused-ring (bicyclic) bond motifs is 3. The van der Waals surface area contributed by atoms with E-state index in [1.54, 1.807) is 4.57 Å². The van der Waals surface area contributed by atoms with Crippen LogP contribution in [0.4, 0.5) is 0 Å². The van der Waals surface area contributed by atoms with Crippen LogP contribution in [0.2, 0.25) is 0 Å². The maximum absolute atomic E-state index is 13.0. The summed E-state index contributed by atoms with van der Waals surface area (Å²) in [5.41, 5.74) is 0.813. The SMILES string of the molecule is CC(C)CCn1c(=O)c2sccc2n2c(SCC(=O)N3CCCC(C)C3)nnc12. The van der Waals surface area contributed by atoms with Gasteiger partial charge in [0, 0.05) is 19.6 Å². The number of amides is 1. The van der Waals surface area contributed by atoms with Gasteiger partial charge in [-0.05, 0) is 42.5 Å². The van der Waals surface area contributed by atoms with Crippen molar-refractivity contribution in [2.24, 2.45) is 11.8 Å². The Morgan fingerprint density at radius 3 is 2.97 bits per heavy atom. The maximum Gasteiger partial charge on any atom is 0.272 e. The lowest BCUT2D eigenvalue weighted by atomic mass is 10.0. The normalized spacial score (nSPS) is 17.7. The molecule has 0 radical (unpaired) electrons. The first-order valence-electron chi connectivity index (χ1n) is 10.2. The highest BCUT2D eigenvalue weighted by atomic mass is 32.2. The van der Waals surface area contributed by atoms with Crippen molar-refractivity contribution in [2.45, 2.75) is 51.7 Å². The van der Waals surface area contributed by atoms with Crippen LogP contribution in [-0.2, 0) is 11.3 Å². The summed E-state index contributed by atoms with van der Waals surface area (Å²) in [6.07, 6.45) is 3.16. The molecular formula is C20H27N5O2S2. The summed E-state index contributed by atoms with van der Waals surface area (Å²) in [6.45, 7) is 8.77. The molecule has 0 aliphatic carbocycles. The average Bonchev–Trinajstić information content (AvgIpc) is 3.32. The quantitative estimate of drug-likeness (QED) is 0.556. The number of likely N-dealkylation sites (tertiary alicyclic amines) is 1. The van der Waals surface area contributed by atoms with Gasteiger partial charge in [0.05, 0.1) is 11.3 Å². The zero-order valence-electron chi connectivity index (χ0n) is 17.1. The van der Waals surface area contributed by atoms with E-state index in [1.807, 2.05) is 20.7 Å². The highest BCUT2D eigenvalue weighted by Crippen LogP contribution is 2.25. The lowest BCUT2D eigenvalue weighted by molar-refractivity contribution is -0.130. The second-order valence-electron chi connectivity index (χ2n) is 8.27. The molecule has 3 aromatic rings. The Balaban J connectivity index is 1.64. The molecule has 1 unspecified atom stereocenters. The van der Waals surface area contributed by atoms with Crippen molar-refractivity contribution in [2.75, 3.05) is 18.8 Å². The van der Waals surface area contributed by atoms with Gasteiger partial charge in [0.1, 0.15) is 4.70 Å². The molecular weight excluding hydrogens is 406 g/mol. The lowest BCUT2D eigenvalue weighted by Crippen LogP contribution is -2.40. The van der Waals surface area contributed by atoms with Crippen LogP contribution in [0.15, 0.2) is 21.4 Å². The second kappa shape index (κ2) is 8.47. The zero-order valence-corrected chi connectivity index (χ0v) is 18.8. The topological polar surface area (TPSA) is 72.5 Å². The summed E-state index contributed by atoms with van der Waals surface area (Å²) in [5, 5.41) is 11.3. The fraction of sp³-hybridized carbons (Fsp3) is 0.600. The molecule has 0 aromatic carbocycles. The highest BCUT2D eigenvalue weighted by molar-refractivity contribution is 7.99. The van der Waals surface area contributed by atoms with Crippen LogP contribution in [0.5, 0.6) is 0 Å². The van der Waals surface area contributed by atoms with E-state index in [1.165, 1.54) is 29.5 Å². The molecule has 0 spiro atoms. The van der Waals surface area contributed by atoms with Crippen molar-refractivity contribution in [1.29, 1.82) is 0 Å². The van der Waals surface area contributed by atoms with Crippen molar-refractivity contribution in [3.63, 3.8) is 0 Å². The van der Waals surface area contributed by atoms with Gasteiger partial charge in [0.15, 0.2) is 5.16 Å². The van der Waals surface area contributed by atoms with Gasteiger partial charge in [0.25, 0.3) is 5.56 Å². The van der Waals surface area contributed by atoms with E-state index in [2.05, 4.69) is 31.0 Å². The molecule has 1 aliphatic heterocycles. The van der Waals surface area contributed by atoms with E-state index in [9.17, 15) is 9.59 Å². The Hall–Kier alpha value is -1.87. The van der Waals surface area contributed by atoms with Gasteiger partial charge >= 0.3 is 0 Å². The molecule has 9 heteroatoms. The van der Waals surface area contributed by atoms with Gasteiger partial charge in [-0.1, -0.05) is 32.5 Å². The molecule has 3 aromatic heterocycles. The third-order valence-electron chi connectivity index (χ3n) is 5.45. The van der Waals surface area contributed by atoms with Gasteiger partial charge in [-0.15, -0.1) is 21.5 Å². The second-order valence-corrected chi connectivity index (χ2v) is 10.1. The van der Waals surface area contributed by atoms with Gasteiger partial charge in [-0.2, -0.15) is 0 Å². The first-order valence-corrected chi connectivity index (χ1v) is 12.1. The van der Waals surface area contributed by atoms with E-state index < -0.39 is 0 Å². The van der Waals surface area contributed by atoms with E-state index in [-0.39, 0.29) is 11.5 Å². The molecule has 0 saturated carbocycles. The predicted octanol–water partition coefficient (Wildman–Crippen LogP) is 3.50. The lowest BCUT2D eigenvalue weighted by Gasteiger charge is -2.30. The summed E-state index contributed by atoms with van der Waals surface area (Å²) >= 11 is 2.85. The number of carbonyl (C=O) groups is 1. The molecule has 0 N–H and O–H groups in total. The maximum atomic E-state index is 13.0. The number of hydrogen-bond donors (Lipinski definition) is 0. The molecule has 0 bridgehead atoms. The number of piperidine rings is 1. The number of carbonyl (C=O) groups excluding carboxylic acids is 1. The molecule has 29 heavy (non-hydrogen) atoms. The first kappa shape index (κ1) is 20.4. The molecule has 7 nitrogen and oxygen atoms in total. The molecule has 4 rings (SSSR count). The van der Waals surface area contributed by atoms with Crippen molar-refractivity contribution in [1.82, 2.24) is 24.1 Å². The van der Waals surface area contributed by atoms with Crippen LogP contribution < -0.4 is 5.56 Å². The Bertz CT molecular complexity index is 1080. The van der Waals surface area contributed by atoms with Gasteiger partial charge < -0.3 is 4.90 Å². The Morgan fingerprint density at radius 1 is 1.38 bits per heavy atom. The third kappa shape index (κ3) is 4.07. The number of hydrogen-bond acceptors (Lipinski definition) is 6. The fourth-order valence-electron chi connectivity index (χ4n) is 3.82. The van der Waals surface area contributed by atoms with Crippen LogP contribution in [0, 0.1) is 11.8 Å². The summed E-state index contributed by atoms with van der Waals surface area (Å²) in [4.78, 5) is 27.6. The first-order chi connectivity index (χ1) is 14.0. The number of aryl methyl sites for hydroxylation is 1. The highest BCUT2D eigenvalue weighted by Gasteiger charge is 2.23. The summed E-state index contributed by atoms with van der Waals surface area (Å²) in [7, 11) is 0. The standard InChI is InChI=1S/C20H27N5O2S2/c1-13(2)6-9-24-18(27)17-15(7-10-28-17)25-19(24)21-22-20(25)29-12-16(26)23-8-4-5-14(3)11-23/h7,10,13-14H,4-6,8-9,11-12H2,1-3H3. The number of nitrogens with zero attached hydrogens (tertiary/aromatic N) is 5. The minimum atomic E-state index is -0.00881. The molecule has 4 heterocycles. The van der Waals surface area contributed by atoms with Crippen LogP contribution >= 0.6 is 23.1 Å². The molecule has 1 saturated heterocycles. The van der Waals surface area contributed by atoms with Crippen LogP contribution in [-0.4, -0.2) is 48.8 Å². The Morgan fingerprint density at radius 2 is 2.21 bits per heavy atom. The summed E-state index contributed by atoms with van der Waals surface area (Å²) in [5.74, 6) is 2.09. The van der Waals surface area contributed by atoms with Gasteiger partial charge in [-0.25, -0.2) is 0 Å². The number of thiophene rings is 1. The van der Waals surface area contributed by atoms with Crippen molar-refractivity contribution >= 4 is 45.0 Å². The largest absolute Gasteiger partial charge is 0.342 e. The molecule has 1 amide bonds. The predicted molar refractivity (Wildman–Crippen MR) is 118 cm³/mol. The molecule has 1 atom stereocenters. The minimum Gasteiger partial charge on any atom is -0.342 e. The summed E-state index contributed by atoms with van der Waals surface area (Å²) in [6, 6.07) is 1.93. The van der Waals surface area contributed by atoms with Crippen molar-refractivity contribution in [3.05, 3.63) is 21.8 Å². The van der Waals surface area contributed by atoms with Crippen molar-refractivity contribution < 1.29 is 4.79 Å². The van der Waals surface area contributed by atoms with Crippen molar-refractivity contribution in [3.8, 4) is 0 Å². The Labute approximate surface area is 178 Å².